The summed E-state index contributed by atoms with van der Waals surface area (Å²) < 4.78 is 0. The fourth-order valence-corrected chi connectivity index (χ4v) is 3.04. The average Bonchev–Trinajstić information content (AvgIpc) is 2.86. The third kappa shape index (κ3) is 3.62. The Morgan fingerprint density at radius 1 is 1.00 bits per heavy atom. The molecule has 2 rings (SSSR count). The quantitative estimate of drug-likeness (QED) is 0.555. The second kappa shape index (κ2) is 7.47. The zero-order valence-corrected chi connectivity index (χ0v) is 13.3. The molecule has 0 amide bonds. The Kier molecular flexibility index (Phi) is 5.64. The third-order valence-electron chi connectivity index (χ3n) is 4.26. The zero-order valence-electron chi connectivity index (χ0n) is 13.3. The highest BCUT2D eigenvalue weighted by atomic mass is 14.2. The van der Waals surface area contributed by atoms with Gasteiger partial charge in [0.15, 0.2) is 0 Å². The number of aryl methyl sites for hydroxylation is 1. The molecule has 0 bridgehead atoms. The molecular weight excluding hydrogens is 240 g/mol. The summed E-state index contributed by atoms with van der Waals surface area (Å²) in [7, 11) is 0. The van der Waals surface area contributed by atoms with Crippen molar-refractivity contribution in [2.45, 2.75) is 65.7 Å². The maximum Gasteiger partial charge on any atom is -0.0221 e. The minimum atomic E-state index is 1.23. The van der Waals surface area contributed by atoms with Crippen LogP contribution in [0.4, 0.5) is 0 Å². The zero-order chi connectivity index (χ0) is 14.4. The van der Waals surface area contributed by atoms with Gasteiger partial charge < -0.3 is 0 Å². The van der Waals surface area contributed by atoms with Crippen LogP contribution in [0.5, 0.6) is 0 Å². The smallest absolute Gasteiger partial charge is 0.0221 e. The van der Waals surface area contributed by atoms with Crippen molar-refractivity contribution < 1.29 is 0 Å². The van der Waals surface area contributed by atoms with E-state index in [0.29, 0.717) is 0 Å². The van der Waals surface area contributed by atoms with E-state index in [2.05, 4.69) is 51.1 Å². The van der Waals surface area contributed by atoms with Gasteiger partial charge in [0.2, 0.25) is 0 Å². The Morgan fingerprint density at radius 3 is 2.40 bits per heavy atom. The molecule has 0 radical (unpaired) electrons. The van der Waals surface area contributed by atoms with Gasteiger partial charge in [-0.25, -0.2) is 0 Å². The fraction of sp³-hybridized carbons (Fsp3) is 0.500. The lowest BCUT2D eigenvalue weighted by Gasteiger charge is -2.09. The second-order valence-electron chi connectivity index (χ2n) is 5.94. The summed E-state index contributed by atoms with van der Waals surface area (Å²) in [5.41, 5.74) is 7.70. The monoisotopic (exact) mass is 268 g/mol. The molecule has 0 saturated heterocycles. The number of hydrogen-bond donors (Lipinski definition) is 0. The van der Waals surface area contributed by atoms with Crippen LogP contribution < -0.4 is 0 Å². The van der Waals surface area contributed by atoms with E-state index in [1.807, 2.05) is 0 Å². The first-order chi connectivity index (χ1) is 9.76. The summed E-state index contributed by atoms with van der Waals surface area (Å²) in [4.78, 5) is 0. The summed E-state index contributed by atoms with van der Waals surface area (Å²) in [5, 5.41) is 0. The summed E-state index contributed by atoms with van der Waals surface area (Å²) >= 11 is 0. The van der Waals surface area contributed by atoms with Crippen LogP contribution in [-0.2, 0) is 0 Å². The Bertz CT molecular complexity index is 485. The number of benzene rings is 1. The van der Waals surface area contributed by atoms with Crippen molar-refractivity contribution in [2.75, 3.05) is 0 Å². The van der Waals surface area contributed by atoms with Crippen molar-refractivity contribution in [1.29, 1.82) is 0 Å². The molecule has 0 aliphatic heterocycles. The molecule has 0 heterocycles. The number of hydrogen-bond acceptors (Lipinski definition) is 0. The Balaban J connectivity index is 2.31. The van der Waals surface area contributed by atoms with Crippen LogP contribution in [0.3, 0.4) is 0 Å². The van der Waals surface area contributed by atoms with Gasteiger partial charge in [-0.3, -0.25) is 0 Å². The van der Waals surface area contributed by atoms with E-state index in [-0.39, 0.29) is 0 Å². The van der Waals surface area contributed by atoms with Gasteiger partial charge in [0.05, 0.1) is 0 Å². The lowest BCUT2D eigenvalue weighted by molar-refractivity contribution is 0.791. The Morgan fingerprint density at radius 2 is 1.75 bits per heavy atom. The molecule has 0 unspecified atom stereocenters. The molecule has 0 N–H and O–H groups in total. The highest BCUT2D eigenvalue weighted by Crippen LogP contribution is 2.40. The van der Waals surface area contributed by atoms with E-state index in [9.17, 15) is 0 Å². The lowest BCUT2D eigenvalue weighted by atomic mass is 9.96. The largest absolute Gasteiger partial charge is 0.0810 e. The topological polar surface area (TPSA) is 0 Å². The molecule has 0 fully saturated rings. The second-order valence-corrected chi connectivity index (χ2v) is 5.94. The predicted molar refractivity (Wildman–Crippen MR) is 89.8 cm³/mol. The molecule has 1 aromatic carbocycles. The number of allylic oxidation sites excluding steroid dienone is 4. The molecule has 20 heavy (non-hydrogen) atoms. The van der Waals surface area contributed by atoms with E-state index in [1.165, 1.54) is 56.1 Å². The van der Waals surface area contributed by atoms with Gasteiger partial charge in [-0.1, -0.05) is 62.6 Å². The number of unbranched alkanes of at least 4 members (excludes halogenated alkanes) is 2. The van der Waals surface area contributed by atoms with Gasteiger partial charge in [-0.2, -0.15) is 0 Å². The summed E-state index contributed by atoms with van der Waals surface area (Å²) in [5.74, 6) is 0. The van der Waals surface area contributed by atoms with Crippen LogP contribution in [0.25, 0.3) is 5.57 Å². The molecule has 108 valence electrons. The van der Waals surface area contributed by atoms with Crippen LogP contribution in [0.1, 0.15) is 69.9 Å². The normalized spacial score (nSPS) is 17.2. The molecule has 0 heteroatoms. The van der Waals surface area contributed by atoms with Gasteiger partial charge >= 0.3 is 0 Å². The maximum atomic E-state index is 2.49. The Labute approximate surface area is 124 Å². The van der Waals surface area contributed by atoms with Gasteiger partial charge in [0.25, 0.3) is 0 Å². The van der Waals surface area contributed by atoms with Gasteiger partial charge in [-0.05, 0) is 61.3 Å². The number of rotatable bonds is 6. The van der Waals surface area contributed by atoms with Gasteiger partial charge in [0.1, 0.15) is 0 Å². The summed E-state index contributed by atoms with van der Waals surface area (Å²) in [6, 6.07) is 9.10. The van der Waals surface area contributed by atoms with Crippen LogP contribution >= 0.6 is 0 Å². The summed E-state index contributed by atoms with van der Waals surface area (Å²) in [6.07, 6.45) is 11.3. The van der Waals surface area contributed by atoms with Crippen LogP contribution in [-0.4, -0.2) is 0 Å². The van der Waals surface area contributed by atoms with Gasteiger partial charge in [0, 0.05) is 0 Å². The van der Waals surface area contributed by atoms with E-state index in [0.717, 1.165) is 0 Å². The van der Waals surface area contributed by atoms with Crippen molar-refractivity contribution in [3.8, 4) is 0 Å². The highest BCUT2D eigenvalue weighted by molar-refractivity contribution is 5.76. The summed E-state index contributed by atoms with van der Waals surface area (Å²) in [6.45, 7) is 6.72. The first-order valence-corrected chi connectivity index (χ1v) is 8.24. The minimum absolute atomic E-state index is 1.23. The van der Waals surface area contributed by atoms with Crippen molar-refractivity contribution in [2.24, 2.45) is 0 Å². The standard InChI is InChI=1S/C20H28/c1-4-6-8-17-14-15-20(19(17)9-7-5-2)18-12-10-16(3)11-13-18/h8,10-13H,4-7,9,14-15H2,1-3H3/b17-8+. The molecule has 0 atom stereocenters. The molecule has 1 aliphatic carbocycles. The molecule has 1 aromatic rings. The van der Waals surface area contributed by atoms with E-state index in [4.69, 9.17) is 0 Å². The van der Waals surface area contributed by atoms with Crippen LogP contribution in [0.2, 0.25) is 0 Å². The fourth-order valence-electron chi connectivity index (χ4n) is 3.04. The lowest BCUT2D eigenvalue weighted by Crippen LogP contribution is -1.89. The minimum Gasteiger partial charge on any atom is -0.0810 e. The van der Waals surface area contributed by atoms with Crippen molar-refractivity contribution >= 4 is 5.57 Å². The van der Waals surface area contributed by atoms with E-state index in [1.54, 1.807) is 16.7 Å². The molecule has 0 saturated carbocycles. The van der Waals surface area contributed by atoms with Crippen molar-refractivity contribution in [3.05, 3.63) is 52.6 Å². The molecule has 0 spiro atoms. The third-order valence-corrected chi connectivity index (χ3v) is 4.26. The maximum absolute atomic E-state index is 2.49. The molecular formula is C20H28. The molecule has 0 nitrogen and oxygen atoms in total. The molecule has 1 aliphatic rings. The van der Waals surface area contributed by atoms with E-state index < -0.39 is 0 Å². The SMILES string of the molecule is CCC/C=C1\CCC(c2ccc(C)cc2)=C1CCCC. The highest BCUT2D eigenvalue weighted by Gasteiger charge is 2.19. The van der Waals surface area contributed by atoms with Gasteiger partial charge in [-0.15, -0.1) is 0 Å². The molecule has 0 aromatic heterocycles. The van der Waals surface area contributed by atoms with E-state index >= 15 is 0 Å². The first kappa shape index (κ1) is 15.1. The Hall–Kier alpha value is -1.30. The first-order valence-electron chi connectivity index (χ1n) is 8.24. The van der Waals surface area contributed by atoms with Crippen molar-refractivity contribution in [3.63, 3.8) is 0 Å². The van der Waals surface area contributed by atoms with Crippen LogP contribution in [0, 0.1) is 6.92 Å². The predicted octanol–water partition coefficient (Wildman–Crippen LogP) is 6.46. The van der Waals surface area contributed by atoms with Crippen LogP contribution in [0.15, 0.2) is 41.5 Å². The average molecular weight is 268 g/mol. The van der Waals surface area contributed by atoms with Crippen molar-refractivity contribution in [1.82, 2.24) is 0 Å².